The van der Waals surface area contributed by atoms with E-state index in [1.54, 1.807) is 38.6 Å². The van der Waals surface area contributed by atoms with Crippen molar-refractivity contribution in [3.63, 3.8) is 0 Å². The Labute approximate surface area is 157 Å². The Morgan fingerprint density at radius 3 is 2.85 bits per heavy atom. The van der Waals surface area contributed by atoms with Crippen LogP contribution >= 0.6 is 0 Å². The first-order chi connectivity index (χ1) is 13.0. The van der Waals surface area contributed by atoms with Gasteiger partial charge in [0.25, 0.3) is 11.5 Å². The minimum absolute atomic E-state index is 0.127. The number of anilines is 1. The van der Waals surface area contributed by atoms with Crippen molar-refractivity contribution in [2.75, 3.05) is 31.6 Å². The molecule has 1 atom stereocenters. The smallest absolute Gasteiger partial charge is 0.296 e. The lowest BCUT2D eigenvalue weighted by molar-refractivity contribution is -0.115. The van der Waals surface area contributed by atoms with Crippen LogP contribution in [0.3, 0.4) is 0 Å². The number of aromatic nitrogens is 2. The van der Waals surface area contributed by atoms with Crippen molar-refractivity contribution in [3.05, 3.63) is 52.4 Å². The van der Waals surface area contributed by atoms with Gasteiger partial charge in [0.2, 0.25) is 0 Å². The van der Waals surface area contributed by atoms with E-state index in [-0.39, 0.29) is 11.5 Å². The molecule has 0 aliphatic carbocycles. The second kappa shape index (κ2) is 8.41. The first-order valence-electron chi connectivity index (χ1n) is 8.77. The normalized spacial score (nSPS) is 15.8. The molecule has 1 saturated heterocycles. The highest BCUT2D eigenvalue weighted by molar-refractivity contribution is 5.94. The van der Waals surface area contributed by atoms with E-state index in [1.807, 2.05) is 12.1 Å². The Balaban J connectivity index is 1.49. The number of benzene rings is 1. The first kappa shape index (κ1) is 18.5. The summed E-state index contributed by atoms with van der Waals surface area (Å²) in [5.41, 5.74) is 1.46. The van der Waals surface area contributed by atoms with E-state index < -0.39 is 0 Å². The lowest BCUT2D eigenvalue weighted by Gasteiger charge is -2.18. The monoisotopic (exact) mass is 366 g/mol. The highest BCUT2D eigenvalue weighted by Gasteiger charge is 2.23. The molecule has 0 saturated carbocycles. The lowest BCUT2D eigenvalue weighted by Crippen LogP contribution is -2.30. The highest BCUT2D eigenvalue weighted by atomic mass is 16.5. The zero-order valence-corrected chi connectivity index (χ0v) is 15.4. The van der Waals surface area contributed by atoms with Crippen LogP contribution in [0.5, 0.6) is 5.75 Å². The molecule has 1 N–H and O–H groups in total. The molecule has 2 heterocycles. The second-order valence-electron chi connectivity index (χ2n) is 6.46. The summed E-state index contributed by atoms with van der Waals surface area (Å²) in [5, 5.41) is 6.92. The number of ether oxygens (including phenoxy) is 1. The molecule has 1 unspecified atom stereocenters. The van der Waals surface area contributed by atoms with E-state index in [0.29, 0.717) is 12.5 Å². The molecule has 1 aromatic heterocycles. The number of carbonyl (C=O) groups excluding carboxylic acids is 1. The van der Waals surface area contributed by atoms with E-state index >= 15 is 0 Å². The maximum atomic E-state index is 12.0. The summed E-state index contributed by atoms with van der Waals surface area (Å²) in [7, 11) is 3.23. The number of amides is 1. The minimum Gasteiger partial charge on any atom is -0.497 e. The Hall–Kier alpha value is -3.27. The molecule has 1 aromatic carbocycles. The summed E-state index contributed by atoms with van der Waals surface area (Å²) in [6.45, 7) is 2.18. The van der Waals surface area contributed by atoms with Gasteiger partial charge in [-0.05, 0) is 36.6 Å². The van der Waals surface area contributed by atoms with Crippen LogP contribution in [-0.4, -0.2) is 42.4 Å². The van der Waals surface area contributed by atoms with Crippen LogP contribution in [0.2, 0.25) is 0 Å². The quantitative estimate of drug-likeness (QED) is 0.810. The van der Waals surface area contributed by atoms with E-state index in [1.165, 1.54) is 4.68 Å². The van der Waals surface area contributed by atoms with Crippen molar-refractivity contribution < 1.29 is 9.53 Å². The standard InChI is InChI=1S/C20H22N4O3/c1-23-20(26)11-17(13-22-23)24-10-9-16(14-24)12-21-19(25)8-5-15-3-6-18(27-2)7-4-15/h3-4,6-7,11,13,16H,9-10,12,14H2,1-2H3,(H,21,25). The molecule has 0 spiro atoms. The predicted molar refractivity (Wildman–Crippen MR) is 103 cm³/mol. The average molecular weight is 366 g/mol. The van der Waals surface area contributed by atoms with E-state index in [2.05, 4.69) is 27.2 Å². The number of methoxy groups -OCH3 is 1. The molecule has 2 aromatic rings. The van der Waals surface area contributed by atoms with E-state index in [0.717, 1.165) is 36.5 Å². The van der Waals surface area contributed by atoms with Crippen LogP contribution in [0.1, 0.15) is 12.0 Å². The fourth-order valence-corrected chi connectivity index (χ4v) is 2.95. The number of aryl methyl sites for hydroxylation is 1. The van der Waals surface area contributed by atoms with Crippen molar-refractivity contribution in [3.8, 4) is 17.6 Å². The minimum atomic E-state index is -0.292. The van der Waals surface area contributed by atoms with Gasteiger partial charge in [0.1, 0.15) is 5.75 Å². The maximum Gasteiger partial charge on any atom is 0.296 e. The number of carbonyl (C=O) groups is 1. The molecular formula is C20H22N4O3. The molecule has 1 aliphatic heterocycles. The van der Waals surface area contributed by atoms with Gasteiger partial charge in [-0.3, -0.25) is 9.59 Å². The van der Waals surface area contributed by atoms with Crippen LogP contribution in [0.25, 0.3) is 0 Å². The molecular weight excluding hydrogens is 344 g/mol. The molecule has 140 valence electrons. The Kier molecular flexibility index (Phi) is 5.77. The molecule has 1 fully saturated rings. The average Bonchev–Trinajstić information content (AvgIpc) is 3.16. The Bertz CT molecular complexity index is 925. The molecule has 7 heteroatoms. The molecule has 27 heavy (non-hydrogen) atoms. The number of hydrogen-bond acceptors (Lipinski definition) is 5. The molecule has 3 rings (SSSR count). The van der Waals surface area contributed by atoms with Crippen LogP contribution in [0.4, 0.5) is 5.69 Å². The van der Waals surface area contributed by atoms with E-state index in [9.17, 15) is 9.59 Å². The topological polar surface area (TPSA) is 76.5 Å². The summed E-state index contributed by atoms with van der Waals surface area (Å²) in [4.78, 5) is 25.8. The predicted octanol–water partition coefficient (Wildman–Crippen LogP) is 0.783. The fourth-order valence-electron chi connectivity index (χ4n) is 2.95. The SMILES string of the molecule is COc1ccc(C#CC(=O)NCC2CCN(c3cnn(C)c(=O)c3)C2)cc1. The van der Waals surface area contributed by atoms with Gasteiger partial charge in [-0.1, -0.05) is 5.92 Å². The van der Waals surface area contributed by atoms with Gasteiger partial charge < -0.3 is 15.0 Å². The van der Waals surface area contributed by atoms with Crippen LogP contribution in [0, 0.1) is 17.8 Å². The van der Waals surface area contributed by atoms with Gasteiger partial charge in [-0.25, -0.2) is 4.68 Å². The van der Waals surface area contributed by atoms with Gasteiger partial charge in [0, 0.05) is 44.2 Å². The molecule has 0 radical (unpaired) electrons. The van der Waals surface area contributed by atoms with Crippen molar-refractivity contribution in [1.29, 1.82) is 0 Å². The van der Waals surface area contributed by atoms with Gasteiger partial charge >= 0.3 is 0 Å². The van der Waals surface area contributed by atoms with Gasteiger partial charge in [0.15, 0.2) is 0 Å². The van der Waals surface area contributed by atoms with Crippen molar-refractivity contribution in [1.82, 2.24) is 15.1 Å². The number of nitrogens with zero attached hydrogens (tertiary/aromatic N) is 3. The molecule has 1 aliphatic rings. The summed E-state index contributed by atoms with van der Waals surface area (Å²) < 4.78 is 6.39. The van der Waals surface area contributed by atoms with Gasteiger partial charge in [-0.15, -0.1) is 0 Å². The summed E-state index contributed by atoms with van der Waals surface area (Å²) in [5.74, 6) is 6.23. The second-order valence-corrected chi connectivity index (χ2v) is 6.46. The first-order valence-corrected chi connectivity index (χ1v) is 8.77. The summed E-state index contributed by atoms with van der Waals surface area (Å²) in [6, 6.07) is 8.83. The zero-order valence-electron chi connectivity index (χ0n) is 15.4. The fraction of sp³-hybridized carbons (Fsp3) is 0.350. The molecule has 7 nitrogen and oxygen atoms in total. The number of nitrogens with one attached hydrogen (secondary N) is 1. The molecule has 0 bridgehead atoms. The Morgan fingerprint density at radius 2 is 2.15 bits per heavy atom. The Morgan fingerprint density at radius 1 is 1.37 bits per heavy atom. The largest absolute Gasteiger partial charge is 0.497 e. The maximum absolute atomic E-state index is 12.0. The van der Waals surface area contributed by atoms with Gasteiger partial charge in [0.05, 0.1) is 19.0 Å². The third kappa shape index (κ3) is 4.88. The zero-order chi connectivity index (χ0) is 19.2. The highest BCUT2D eigenvalue weighted by Crippen LogP contribution is 2.21. The van der Waals surface area contributed by atoms with Gasteiger partial charge in [-0.2, -0.15) is 5.10 Å². The van der Waals surface area contributed by atoms with Crippen LogP contribution < -0.4 is 20.5 Å². The molecule has 1 amide bonds. The lowest BCUT2D eigenvalue weighted by atomic mass is 10.1. The van der Waals surface area contributed by atoms with Crippen molar-refractivity contribution in [2.45, 2.75) is 6.42 Å². The summed E-state index contributed by atoms with van der Waals surface area (Å²) in [6.07, 6.45) is 2.64. The van der Waals surface area contributed by atoms with Crippen LogP contribution in [-0.2, 0) is 11.8 Å². The van der Waals surface area contributed by atoms with E-state index in [4.69, 9.17) is 4.74 Å². The summed E-state index contributed by atoms with van der Waals surface area (Å²) >= 11 is 0. The third-order valence-electron chi connectivity index (χ3n) is 4.57. The number of hydrogen-bond donors (Lipinski definition) is 1. The van der Waals surface area contributed by atoms with Crippen molar-refractivity contribution >= 4 is 11.6 Å². The number of rotatable bonds is 4. The third-order valence-corrected chi connectivity index (χ3v) is 4.57. The van der Waals surface area contributed by atoms with Crippen LogP contribution in [0.15, 0.2) is 41.3 Å². The van der Waals surface area contributed by atoms with Crippen molar-refractivity contribution in [2.24, 2.45) is 13.0 Å².